The molecule has 8 heteroatoms. The first-order valence-electron chi connectivity index (χ1n) is 13.3. The molecule has 5 aromatic carbocycles. The molecule has 0 radical (unpaired) electrons. The van der Waals surface area contributed by atoms with Crippen LogP contribution in [0.15, 0.2) is 138 Å². The average molecular weight is 586 g/mol. The lowest BCUT2D eigenvalue weighted by molar-refractivity contribution is 0.102. The number of nitrogens with zero attached hydrogens (tertiary/aromatic N) is 2. The van der Waals surface area contributed by atoms with E-state index in [0.29, 0.717) is 27.4 Å². The first-order chi connectivity index (χ1) is 20.5. The second-order valence-corrected chi connectivity index (χ2v) is 12.4. The lowest BCUT2D eigenvalue weighted by atomic mass is 10.0. The third-order valence-corrected chi connectivity index (χ3v) is 9.69. The summed E-state index contributed by atoms with van der Waals surface area (Å²) in [6, 6.07) is 39.1. The van der Waals surface area contributed by atoms with E-state index in [0.717, 1.165) is 27.5 Å². The maximum atomic E-state index is 13.8. The molecular weight excluding hydrogens is 563 g/mol. The van der Waals surface area contributed by atoms with Gasteiger partial charge in [-0.05, 0) is 47.5 Å². The molecule has 1 amide bonds. The van der Waals surface area contributed by atoms with Crippen LogP contribution >= 0.6 is 11.3 Å². The lowest BCUT2D eigenvalue weighted by Crippen LogP contribution is -2.12. The van der Waals surface area contributed by atoms with Gasteiger partial charge in [-0.25, -0.2) is 17.4 Å². The van der Waals surface area contributed by atoms with Crippen molar-refractivity contribution in [3.63, 3.8) is 0 Å². The van der Waals surface area contributed by atoms with Gasteiger partial charge in [-0.15, -0.1) is 11.3 Å². The summed E-state index contributed by atoms with van der Waals surface area (Å²) in [5.41, 5.74) is 5.22. The number of aromatic nitrogens is 2. The highest BCUT2D eigenvalue weighted by molar-refractivity contribution is 7.90. The Kier molecular flexibility index (Phi) is 6.42. The number of nitrogens with one attached hydrogen (secondary N) is 1. The van der Waals surface area contributed by atoms with Crippen LogP contribution in [-0.2, 0) is 10.0 Å². The average Bonchev–Trinajstić information content (AvgIpc) is 3.64. The SMILES string of the molecule is O=C(Nc1nc(-c2ccc3c4ccccc4n(S(=O)(=O)c4ccccc4)c3c2)cs1)c1ccc(-c2ccccc2)cc1. The van der Waals surface area contributed by atoms with Crippen LogP contribution in [0.5, 0.6) is 0 Å². The molecule has 2 aromatic heterocycles. The summed E-state index contributed by atoms with van der Waals surface area (Å²) in [7, 11) is -3.87. The summed E-state index contributed by atoms with van der Waals surface area (Å²) < 4.78 is 29.1. The Balaban J connectivity index is 1.21. The third kappa shape index (κ3) is 4.56. The van der Waals surface area contributed by atoms with Crippen LogP contribution in [0.1, 0.15) is 10.4 Å². The number of hydrogen-bond acceptors (Lipinski definition) is 5. The van der Waals surface area contributed by atoms with Gasteiger partial charge < -0.3 is 0 Å². The minimum absolute atomic E-state index is 0.216. The van der Waals surface area contributed by atoms with Crippen LogP contribution in [0.2, 0.25) is 0 Å². The topological polar surface area (TPSA) is 81.1 Å². The van der Waals surface area contributed by atoms with E-state index >= 15 is 0 Å². The molecule has 0 atom stereocenters. The molecule has 0 saturated heterocycles. The van der Waals surface area contributed by atoms with Gasteiger partial charge in [-0.3, -0.25) is 10.1 Å². The van der Waals surface area contributed by atoms with Gasteiger partial charge in [0.25, 0.3) is 15.9 Å². The van der Waals surface area contributed by atoms with Crippen LogP contribution < -0.4 is 5.32 Å². The number of carbonyl (C=O) groups excluding carboxylic acids is 1. The van der Waals surface area contributed by atoms with E-state index in [-0.39, 0.29) is 10.8 Å². The van der Waals surface area contributed by atoms with E-state index in [1.807, 2.05) is 90.3 Å². The number of fused-ring (bicyclic) bond motifs is 3. The predicted molar refractivity (Wildman–Crippen MR) is 169 cm³/mol. The number of anilines is 1. The number of amides is 1. The van der Waals surface area contributed by atoms with E-state index in [9.17, 15) is 13.2 Å². The van der Waals surface area contributed by atoms with Gasteiger partial charge in [-0.2, -0.15) is 0 Å². The standard InChI is InChI=1S/C34H23N3O3S2/c38-33(25-17-15-24(16-18-25)23-9-3-1-4-10-23)36-34-35-30(22-41-34)26-19-20-29-28-13-7-8-14-31(28)37(32(29)21-26)42(39,40)27-11-5-2-6-12-27/h1-22H,(H,35,36,38). The van der Waals surface area contributed by atoms with Gasteiger partial charge in [0, 0.05) is 27.3 Å². The van der Waals surface area contributed by atoms with Crippen molar-refractivity contribution in [3.8, 4) is 22.4 Å². The van der Waals surface area contributed by atoms with Crippen LogP contribution in [0.25, 0.3) is 44.2 Å². The molecule has 0 aliphatic heterocycles. The van der Waals surface area contributed by atoms with Crippen molar-refractivity contribution >= 4 is 54.2 Å². The molecule has 2 heterocycles. The fourth-order valence-corrected chi connectivity index (χ4v) is 7.38. The molecule has 7 aromatic rings. The summed E-state index contributed by atoms with van der Waals surface area (Å²) >= 11 is 1.32. The lowest BCUT2D eigenvalue weighted by Gasteiger charge is -2.10. The Labute approximate surface area is 246 Å². The Morgan fingerprint density at radius 2 is 1.29 bits per heavy atom. The Morgan fingerprint density at radius 1 is 0.667 bits per heavy atom. The van der Waals surface area contributed by atoms with E-state index < -0.39 is 10.0 Å². The highest BCUT2D eigenvalue weighted by Crippen LogP contribution is 2.36. The molecule has 0 aliphatic carbocycles. The van der Waals surface area contributed by atoms with Crippen LogP contribution in [0, 0.1) is 0 Å². The number of carbonyl (C=O) groups is 1. The minimum atomic E-state index is -3.87. The summed E-state index contributed by atoms with van der Waals surface area (Å²) in [4.78, 5) is 17.8. The molecule has 6 nitrogen and oxygen atoms in total. The van der Waals surface area contributed by atoms with Crippen LogP contribution in [0.4, 0.5) is 5.13 Å². The fraction of sp³-hybridized carbons (Fsp3) is 0. The first-order valence-corrected chi connectivity index (χ1v) is 15.6. The fourth-order valence-electron chi connectivity index (χ4n) is 5.13. The van der Waals surface area contributed by atoms with E-state index in [4.69, 9.17) is 0 Å². The summed E-state index contributed by atoms with van der Waals surface area (Å²) in [6.07, 6.45) is 0. The maximum absolute atomic E-state index is 13.8. The summed E-state index contributed by atoms with van der Waals surface area (Å²) in [6.45, 7) is 0. The molecule has 0 bridgehead atoms. The van der Waals surface area contributed by atoms with E-state index in [1.54, 1.807) is 42.5 Å². The van der Waals surface area contributed by atoms with Crippen molar-refractivity contribution in [1.29, 1.82) is 0 Å². The number of para-hydroxylation sites is 1. The zero-order chi connectivity index (χ0) is 28.7. The second-order valence-electron chi connectivity index (χ2n) is 9.77. The number of thiazole rings is 1. The van der Waals surface area contributed by atoms with Gasteiger partial charge in [0.2, 0.25) is 0 Å². The molecule has 0 spiro atoms. The van der Waals surface area contributed by atoms with Crippen LogP contribution in [-0.4, -0.2) is 23.3 Å². The number of hydrogen-bond donors (Lipinski definition) is 1. The Hall–Kier alpha value is -5.05. The number of rotatable bonds is 6. The molecule has 0 unspecified atom stereocenters. The Bertz CT molecular complexity index is 2190. The van der Waals surface area contributed by atoms with Crippen molar-refractivity contribution in [2.45, 2.75) is 4.90 Å². The van der Waals surface area contributed by atoms with Gasteiger partial charge in [-0.1, -0.05) is 91.0 Å². The van der Waals surface area contributed by atoms with Crippen molar-refractivity contribution in [3.05, 3.63) is 138 Å². The minimum Gasteiger partial charge on any atom is -0.298 e. The van der Waals surface area contributed by atoms with Gasteiger partial charge in [0.1, 0.15) is 0 Å². The summed E-state index contributed by atoms with van der Waals surface area (Å²) in [5.74, 6) is -0.250. The third-order valence-electron chi connectivity index (χ3n) is 7.19. The van der Waals surface area contributed by atoms with Crippen molar-refractivity contribution < 1.29 is 13.2 Å². The quantitative estimate of drug-likeness (QED) is 0.214. The molecular formula is C34H23N3O3S2. The second kappa shape index (κ2) is 10.4. The zero-order valence-electron chi connectivity index (χ0n) is 22.1. The van der Waals surface area contributed by atoms with Gasteiger partial charge in [0.05, 0.1) is 21.6 Å². The summed E-state index contributed by atoms with van der Waals surface area (Å²) in [5, 5.41) is 6.88. The first kappa shape index (κ1) is 25.9. The van der Waals surface area contributed by atoms with E-state index in [1.165, 1.54) is 15.3 Å². The van der Waals surface area contributed by atoms with E-state index in [2.05, 4.69) is 10.3 Å². The van der Waals surface area contributed by atoms with Crippen LogP contribution in [0.3, 0.4) is 0 Å². The van der Waals surface area contributed by atoms with Gasteiger partial charge >= 0.3 is 0 Å². The molecule has 7 rings (SSSR count). The van der Waals surface area contributed by atoms with Crippen molar-refractivity contribution in [1.82, 2.24) is 8.96 Å². The van der Waals surface area contributed by atoms with Crippen molar-refractivity contribution in [2.75, 3.05) is 5.32 Å². The molecule has 42 heavy (non-hydrogen) atoms. The molecule has 204 valence electrons. The molecule has 0 aliphatic rings. The Morgan fingerprint density at radius 3 is 2.05 bits per heavy atom. The highest BCUT2D eigenvalue weighted by Gasteiger charge is 2.23. The normalized spacial score (nSPS) is 11.6. The molecule has 0 fully saturated rings. The number of benzene rings is 5. The molecule has 1 N–H and O–H groups in total. The largest absolute Gasteiger partial charge is 0.298 e. The maximum Gasteiger partial charge on any atom is 0.268 e. The zero-order valence-corrected chi connectivity index (χ0v) is 23.8. The molecule has 0 saturated carbocycles. The highest BCUT2D eigenvalue weighted by atomic mass is 32.2. The monoisotopic (exact) mass is 585 g/mol. The van der Waals surface area contributed by atoms with Crippen molar-refractivity contribution in [2.24, 2.45) is 0 Å². The smallest absolute Gasteiger partial charge is 0.268 e. The van der Waals surface area contributed by atoms with Gasteiger partial charge in [0.15, 0.2) is 5.13 Å². The predicted octanol–water partition coefficient (Wildman–Crippen LogP) is 8.07.